The van der Waals surface area contributed by atoms with E-state index in [1.54, 1.807) is 0 Å². The lowest BCUT2D eigenvalue weighted by molar-refractivity contribution is -0.141. The molecule has 0 unspecified atom stereocenters. The molecule has 1 aliphatic rings. The lowest BCUT2D eigenvalue weighted by Crippen LogP contribution is -2.33. The highest BCUT2D eigenvalue weighted by Crippen LogP contribution is 2.39. The zero-order valence-electron chi connectivity index (χ0n) is 9.65. The third-order valence-electron chi connectivity index (χ3n) is 2.93. The molecule has 0 spiro atoms. The van der Waals surface area contributed by atoms with Crippen molar-refractivity contribution >= 4 is 5.69 Å². The van der Waals surface area contributed by atoms with Gasteiger partial charge in [0.1, 0.15) is 0 Å². The fraction of sp³-hybridized carbons (Fsp3) is 0.700. The first-order valence-corrected chi connectivity index (χ1v) is 5.57. The standard InChI is InChI=1S/C10H12F3N3O2/c1-2-18-7-3-6(4-7)16-5-8(15-17)9(14-16)10(11,12)13/h5-7H,2-4H2,1H3/t6-,7+. The van der Waals surface area contributed by atoms with Gasteiger partial charge in [0.05, 0.1) is 18.3 Å². The average molecular weight is 263 g/mol. The molecule has 0 atom stereocenters. The van der Waals surface area contributed by atoms with Gasteiger partial charge in [0.2, 0.25) is 0 Å². The van der Waals surface area contributed by atoms with Gasteiger partial charge >= 0.3 is 6.18 Å². The van der Waals surface area contributed by atoms with E-state index in [4.69, 9.17) is 4.74 Å². The average Bonchev–Trinajstić information content (AvgIpc) is 2.65. The van der Waals surface area contributed by atoms with Gasteiger partial charge in [-0.15, -0.1) is 4.91 Å². The SMILES string of the molecule is CCO[C@H]1C[C@@H](n2cc(N=O)c(C(F)(F)F)n2)C1. The van der Waals surface area contributed by atoms with Crippen molar-refractivity contribution in [1.29, 1.82) is 0 Å². The number of nitrogens with zero attached hydrogens (tertiary/aromatic N) is 3. The summed E-state index contributed by atoms with van der Waals surface area (Å²) in [5.74, 6) is 0. The summed E-state index contributed by atoms with van der Waals surface area (Å²) in [5, 5.41) is 5.78. The van der Waals surface area contributed by atoms with Crippen LogP contribution in [0.2, 0.25) is 0 Å². The minimum Gasteiger partial charge on any atom is -0.378 e. The van der Waals surface area contributed by atoms with E-state index in [1.807, 2.05) is 6.92 Å². The maximum absolute atomic E-state index is 12.5. The fourth-order valence-electron chi connectivity index (χ4n) is 1.96. The second-order valence-electron chi connectivity index (χ2n) is 4.13. The molecule has 0 radical (unpaired) electrons. The zero-order chi connectivity index (χ0) is 13.3. The summed E-state index contributed by atoms with van der Waals surface area (Å²) in [5.41, 5.74) is -1.89. The minimum atomic E-state index is -4.66. The molecule has 100 valence electrons. The summed E-state index contributed by atoms with van der Waals surface area (Å²) in [4.78, 5) is 10.4. The van der Waals surface area contributed by atoms with Crippen molar-refractivity contribution in [2.24, 2.45) is 5.18 Å². The Hall–Kier alpha value is -1.44. The number of ether oxygens (including phenoxy) is 1. The van der Waals surface area contributed by atoms with Crippen LogP contribution in [0.3, 0.4) is 0 Å². The third-order valence-corrected chi connectivity index (χ3v) is 2.93. The topological polar surface area (TPSA) is 56.5 Å². The first-order chi connectivity index (χ1) is 8.45. The molecule has 0 saturated heterocycles. The molecule has 0 aliphatic heterocycles. The number of halogens is 3. The monoisotopic (exact) mass is 263 g/mol. The largest absolute Gasteiger partial charge is 0.437 e. The van der Waals surface area contributed by atoms with Gasteiger partial charge in [-0.05, 0) is 24.9 Å². The zero-order valence-corrected chi connectivity index (χ0v) is 9.65. The van der Waals surface area contributed by atoms with Gasteiger partial charge in [-0.1, -0.05) is 0 Å². The Morgan fingerprint density at radius 1 is 1.56 bits per heavy atom. The quantitative estimate of drug-likeness (QED) is 0.784. The Bertz CT molecular complexity index is 438. The molecule has 1 heterocycles. The summed E-state index contributed by atoms with van der Waals surface area (Å²) in [6.07, 6.45) is -2.35. The molecule has 1 aliphatic carbocycles. The van der Waals surface area contributed by atoms with Crippen LogP contribution >= 0.6 is 0 Å². The molecular weight excluding hydrogens is 251 g/mol. The molecule has 0 N–H and O–H groups in total. The van der Waals surface area contributed by atoms with E-state index in [9.17, 15) is 18.1 Å². The fourth-order valence-corrected chi connectivity index (χ4v) is 1.96. The highest BCUT2D eigenvalue weighted by atomic mass is 19.4. The van der Waals surface area contributed by atoms with Gasteiger partial charge in [0, 0.05) is 6.61 Å². The van der Waals surface area contributed by atoms with Crippen molar-refractivity contribution in [2.75, 3.05) is 6.61 Å². The van der Waals surface area contributed by atoms with Gasteiger partial charge in [-0.3, -0.25) is 4.68 Å². The van der Waals surface area contributed by atoms with Gasteiger partial charge in [-0.25, -0.2) is 0 Å². The molecule has 18 heavy (non-hydrogen) atoms. The number of rotatable bonds is 4. The van der Waals surface area contributed by atoms with Gasteiger partial charge in [0.25, 0.3) is 0 Å². The van der Waals surface area contributed by atoms with Crippen molar-refractivity contribution in [1.82, 2.24) is 9.78 Å². The normalized spacial score (nSPS) is 23.8. The van der Waals surface area contributed by atoms with Crippen LogP contribution < -0.4 is 0 Å². The summed E-state index contributed by atoms with van der Waals surface area (Å²) >= 11 is 0. The van der Waals surface area contributed by atoms with E-state index in [-0.39, 0.29) is 12.1 Å². The highest BCUT2D eigenvalue weighted by molar-refractivity contribution is 5.41. The molecule has 5 nitrogen and oxygen atoms in total. The summed E-state index contributed by atoms with van der Waals surface area (Å²) in [7, 11) is 0. The van der Waals surface area contributed by atoms with Crippen LogP contribution in [-0.4, -0.2) is 22.5 Å². The van der Waals surface area contributed by atoms with Crippen LogP contribution in [0.1, 0.15) is 31.5 Å². The maximum Gasteiger partial charge on any atom is 0.437 e. The Morgan fingerprint density at radius 3 is 2.67 bits per heavy atom. The Labute approximate surface area is 101 Å². The second-order valence-corrected chi connectivity index (χ2v) is 4.13. The van der Waals surface area contributed by atoms with Crippen LogP contribution in [-0.2, 0) is 10.9 Å². The van der Waals surface area contributed by atoms with E-state index in [2.05, 4.69) is 10.3 Å². The first kappa shape index (κ1) is 13.0. The first-order valence-electron chi connectivity index (χ1n) is 5.57. The van der Waals surface area contributed by atoms with Crippen molar-refractivity contribution in [3.8, 4) is 0 Å². The van der Waals surface area contributed by atoms with Gasteiger partial charge in [0.15, 0.2) is 11.4 Å². The summed E-state index contributed by atoms with van der Waals surface area (Å²) in [6, 6.07) is -0.154. The molecule has 0 bridgehead atoms. The van der Waals surface area contributed by atoms with Gasteiger partial charge in [-0.2, -0.15) is 18.3 Å². The maximum atomic E-state index is 12.5. The molecule has 1 fully saturated rings. The Balaban J connectivity index is 2.12. The van der Waals surface area contributed by atoms with Crippen LogP contribution in [0.15, 0.2) is 11.4 Å². The van der Waals surface area contributed by atoms with Crippen molar-refractivity contribution in [2.45, 2.75) is 38.1 Å². The van der Waals surface area contributed by atoms with Crippen molar-refractivity contribution in [3.63, 3.8) is 0 Å². The van der Waals surface area contributed by atoms with Crippen molar-refractivity contribution < 1.29 is 17.9 Å². The molecule has 8 heteroatoms. The van der Waals surface area contributed by atoms with Crippen LogP contribution in [0.4, 0.5) is 18.9 Å². The summed E-state index contributed by atoms with van der Waals surface area (Å²) < 4.78 is 44.1. The van der Waals surface area contributed by atoms with E-state index in [0.717, 1.165) is 10.9 Å². The van der Waals surface area contributed by atoms with E-state index < -0.39 is 17.6 Å². The van der Waals surface area contributed by atoms with Gasteiger partial charge < -0.3 is 4.74 Å². The molecule has 1 saturated carbocycles. The Kier molecular flexibility index (Phi) is 3.38. The number of nitroso groups, excluding NO2 is 1. The molecule has 1 aromatic heterocycles. The predicted molar refractivity (Wildman–Crippen MR) is 56.4 cm³/mol. The predicted octanol–water partition coefficient (Wildman–Crippen LogP) is 3.04. The lowest BCUT2D eigenvalue weighted by atomic mass is 9.89. The number of hydrogen-bond donors (Lipinski definition) is 0. The van der Waals surface area contributed by atoms with Crippen LogP contribution in [0, 0.1) is 4.91 Å². The minimum absolute atomic E-state index is 0.0613. The summed E-state index contributed by atoms with van der Waals surface area (Å²) in [6.45, 7) is 2.43. The Morgan fingerprint density at radius 2 is 2.22 bits per heavy atom. The second kappa shape index (κ2) is 4.68. The van der Waals surface area contributed by atoms with Crippen molar-refractivity contribution in [3.05, 3.63) is 16.8 Å². The number of alkyl halides is 3. The lowest BCUT2D eigenvalue weighted by Gasteiger charge is -2.34. The van der Waals surface area contributed by atoms with E-state index in [0.29, 0.717) is 19.4 Å². The number of hydrogen-bond acceptors (Lipinski definition) is 4. The van der Waals surface area contributed by atoms with Crippen LogP contribution in [0.5, 0.6) is 0 Å². The molecule has 1 aromatic rings. The smallest absolute Gasteiger partial charge is 0.378 e. The molecule has 2 rings (SSSR count). The number of aromatic nitrogens is 2. The molecular formula is C10H12F3N3O2. The third kappa shape index (κ3) is 2.38. The molecule has 0 aromatic carbocycles. The molecule has 0 amide bonds. The highest BCUT2D eigenvalue weighted by Gasteiger charge is 2.40. The van der Waals surface area contributed by atoms with E-state index in [1.165, 1.54) is 0 Å². The van der Waals surface area contributed by atoms with Crippen LogP contribution in [0.25, 0.3) is 0 Å². The van der Waals surface area contributed by atoms with E-state index >= 15 is 0 Å².